The number of amidine groups is 1. The highest BCUT2D eigenvalue weighted by molar-refractivity contribution is 7.88. The van der Waals surface area contributed by atoms with Crippen LogP contribution in [0.2, 0.25) is 0 Å². The molecule has 2 heterocycles. The second kappa shape index (κ2) is 8.90. The zero-order valence-electron chi connectivity index (χ0n) is 17.4. The highest BCUT2D eigenvalue weighted by Gasteiger charge is 2.39. The minimum Gasteiger partial charge on any atom is -0.384 e. The van der Waals surface area contributed by atoms with Crippen LogP contribution in [0, 0.1) is 5.41 Å². The molecular weight excluding hydrogens is 450 g/mol. The lowest BCUT2D eigenvalue weighted by atomic mass is 10.1. The molecule has 2 amide bonds. The van der Waals surface area contributed by atoms with E-state index in [2.05, 4.69) is 10.0 Å². The summed E-state index contributed by atoms with van der Waals surface area (Å²) in [6.07, 6.45) is -3.15. The van der Waals surface area contributed by atoms with E-state index in [9.17, 15) is 23.1 Å². The number of amides is 2. The van der Waals surface area contributed by atoms with E-state index >= 15 is 0 Å². The van der Waals surface area contributed by atoms with Crippen LogP contribution in [0.25, 0.3) is 0 Å². The predicted molar refractivity (Wildman–Crippen MR) is 120 cm³/mol. The number of nitrogen functional groups attached to an aromatic ring is 1. The molecule has 2 aliphatic heterocycles. The number of aliphatic hydroxyl groups excluding tert-OH is 1. The smallest absolute Gasteiger partial charge is 0.259 e. The van der Waals surface area contributed by atoms with Gasteiger partial charge < -0.3 is 25.8 Å². The average molecular weight is 474 g/mol. The first-order valence-corrected chi connectivity index (χ1v) is 11.8. The number of nitrogens with one attached hydrogen (secondary N) is 3. The average Bonchev–Trinajstić information content (AvgIpc) is 2.78. The van der Waals surface area contributed by atoms with Crippen molar-refractivity contribution in [2.45, 2.75) is 24.5 Å². The predicted octanol–water partition coefficient (Wildman–Crippen LogP) is -0.365. The minimum atomic E-state index is -3.35. The molecule has 1 saturated heterocycles. The standard InChI is InChI=1S/C21H23N5O6S/c22-19(23)12-1-4-15(5-2-12)25-20(28)17(27)18-21(29)26(7-8-32-18)16-6-3-13-11-33(30,31)24-10-14(13)9-16/h1-6,9,17-18,24,27H,7-8,10-11H2,(H3,22,23)(H,25,28)/t17?,18-/m1/s1. The van der Waals surface area contributed by atoms with Gasteiger partial charge >= 0.3 is 0 Å². The van der Waals surface area contributed by atoms with Crippen molar-refractivity contribution >= 4 is 39.0 Å². The van der Waals surface area contributed by atoms with Crippen LogP contribution in [-0.2, 0) is 36.6 Å². The minimum absolute atomic E-state index is 0.109. The molecule has 0 bridgehead atoms. The first-order chi connectivity index (χ1) is 15.6. The number of carbonyl (C=O) groups is 2. The molecule has 2 aromatic carbocycles. The van der Waals surface area contributed by atoms with Gasteiger partial charge in [-0.3, -0.25) is 15.0 Å². The number of sulfonamides is 1. The van der Waals surface area contributed by atoms with Gasteiger partial charge in [0.2, 0.25) is 10.0 Å². The Balaban J connectivity index is 1.46. The van der Waals surface area contributed by atoms with E-state index in [1.54, 1.807) is 30.3 Å². The fourth-order valence-electron chi connectivity index (χ4n) is 3.70. The van der Waals surface area contributed by atoms with Crippen LogP contribution >= 0.6 is 0 Å². The van der Waals surface area contributed by atoms with E-state index in [0.717, 1.165) is 5.56 Å². The van der Waals surface area contributed by atoms with Gasteiger partial charge in [-0.15, -0.1) is 0 Å². The van der Waals surface area contributed by atoms with Crippen molar-refractivity contribution in [3.05, 3.63) is 59.2 Å². The number of fused-ring (bicyclic) bond motifs is 1. The number of hydrogen-bond acceptors (Lipinski definition) is 7. The molecule has 1 fully saturated rings. The molecule has 0 radical (unpaired) electrons. The van der Waals surface area contributed by atoms with Crippen molar-refractivity contribution in [2.75, 3.05) is 23.4 Å². The van der Waals surface area contributed by atoms with Gasteiger partial charge in [0.1, 0.15) is 5.84 Å². The lowest BCUT2D eigenvalue weighted by molar-refractivity contribution is -0.150. The van der Waals surface area contributed by atoms with Gasteiger partial charge in [0.25, 0.3) is 11.8 Å². The summed E-state index contributed by atoms with van der Waals surface area (Å²) in [5.41, 5.74) is 8.19. The fraction of sp³-hybridized carbons (Fsp3) is 0.286. The fourth-order valence-corrected chi connectivity index (χ4v) is 4.87. The van der Waals surface area contributed by atoms with Crippen LogP contribution in [0.3, 0.4) is 0 Å². The monoisotopic (exact) mass is 473 g/mol. The number of morpholine rings is 1. The Kier molecular flexibility index (Phi) is 6.17. The third-order valence-electron chi connectivity index (χ3n) is 5.47. The highest BCUT2D eigenvalue weighted by Crippen LogP contribution is 2.26. The van der Waals surface area contributed by atoms with Gasteiger partial charge in [-0.05, 0) is 47.5 Å². The number of nitrogens with two attached hydrogens (primary N) is 1. The van der Waals surface area contributed by atoms with Gasteiger partial charge in [0.15, 0.2) is 12.2 Å². The molecule has 1 unspecified atom stereocenters. The number of rotatable bonds is 5. The van der Waals surface area contributed by atoms with Gasteiger partial charge in [-0.25, -0.2) is 13.1 Å². The molecule has 12 heteroatoms. The first-order valence-electron chi connectivity index (χ1n) is 10.1. The van der Waals surface area contributed by atoms with E-state index in [-0.39, 0.29) is 31.3 Å². The molecule has 33 heavy (non-hydrogen) atoms. The normalized spacial score (nSPS) is 20.6. The topological polar surface area (TPSA) is 175 Å². The number of nitrogens with zero attached hydrogens (tertiary/aromatic N) is 1. The molecule has 0 spiro atoms. The molecule has 4 rings (SSSR count). The largest absolute Gasteiger partial charge is 0.384 e. The van der Waals surface area contributed by atoms with Crippen LogP contribution in [0.4, 0.5) is 11.4 Å². The van der Waals surface area contributed by atoms with E-state index < -0.39 is 34.0 Å². The van der Waals surface area contributed by atoms with Crippen LogP contribution in [0.5, 0.6) is 0 Å². The molecule has 0 aliphatic carbocycles. The molecule has 2 atom stereocenters. The van der Waals surface area contributed by atoms with Gasteiger partial charge in [-0.1, -0.05) is 6.07 Å². The zero-order valence-corrected chi connectivity index (χ0v) is 18.3. The molecule has 2 aliphatic rings. The van der Waals surface area contributed by atoms with Crippen molar-refractivity contribution in [3.63, 3.8) is 0 Å². The summed E-state index contributed by atoms with van der Waals surface area (Å²) >= 11 is 0. The van der Waals surface area contributed by atoms with E-state index in [0.29, 0.717) is 22.5 Å². The van der Waals surface area contributed by atoms with Crippen molar-refractivity contribution in [3.8, 4) is 0 Å². The Morgan fingerprint density at radius 2 is 1.97 bits per heavy atom. The molecule has 174 valence electrons. The van der Waals surface area contributed by atoms with Crippen molar-refractivity contribution < 1.29 is 27.9 Å². The summed E-state index contributed by atoms with van der Waals surface area (Å²) in [7, 11) is -3.35. The number of carbonyl (C=O) groups excluding carboxylic acids is 2. The summed E-state index contributed by atoms with van der Waals surface area (Å²) in [5, 5.41) is 20.4. The Morgan fingerprint density at radius 3 is 2.67 bits per heavy atom. The maximum Gasteiger partial charge on any atom is 0.259 e. The highest BCUT2D eigenvalue weighted by atomic mass is 32.2. The zero-order chi connectivity index (χ0) is 23.8. The number of ether oxygens (including phenoxy) is 1. The molecule has 6 N–H and O–H groups in total. The summed E-state index contributed by atoms with van der Waals surface area (Å²) in [4.78, 5) is 27.0. The van der Waals surface area contributed by atoms with Crippen molar-refractivity contribution in [2.24, 2.45) is 5.73 Å². The van der Waals surface area contributed by atoms with Crippen LogP contribution < -0.4 is 20.7 Å². The van der Waals surface area contributed by atoms with Crippen LogP contribution in [-0.4, -0.2) is 56.5 Å². The first kappa shape index (κ1) is 22.9. The van der Waals surface area contributed by atoms with Gasteiger partial charge in [0.05, 0.1) is 12.4 Å². The quantitative estimate of drug-likeness (QED) is 0.291. The third-order valence-corrected chi connectivity index (χ3v) is 6.75. The Hall–Kier alpha value is -3.32. The number of benzene rings is 2. The maximum absolute atomic E-state index is 13.0. The maximum atomic E-state index is 13.0. The second-order valence-corrected chi connectivity index (χ2v) is 9.55. The van der Waals surface area contributed by atoms with Gasteiger partial charge in [-0.2, -0.15) is 0 Å². The van der Waals surface area contributed by atoms with Crippen LogP contribution in [0.15, 0.2) is 42.5 Å². The number of aliphatic hydroxyl groups is 1. The summed E-state index contributed by atoms with van der Waals surface area (Å²) in [6.45, 7) is 0.458. The molecule has 11 nitrogen and oxygen atoms in total. The van der Waals surface area contributed by atoms with Crippen molar-refractivity contribution in [1.82, 2.24) is 4.72 Å². The molecule has 0 aromatic heterocycles. The lowest BCUT2D eigenvalue weighted by Crippen LogP contribution is -2.55. The van der Waals surface area contributed by atoms with Gasteiger partial charge in [0, 0.05) is 30.0 Å². The molecular formula is C21H23N5O6S. The van der Waals surface area contributed by atoms with E-state index in [1.165, 1.54) is 17.0 Å². The number of anilines is 2. The number of hydrogen-bond donors (Lipinski definition) is 5. The SMILES string of the molecule is N=C(N)c1ccc(NC(=O)C(O)[C@H]2OCCN(c3ccc4c(c3)CNS(=O)(=O)C4)C2=O)cc1. The summed E-state index contributed by atoms with van der Waals surface area (Å²) in [6, 6.07) is 11.2. The van der Waals surface area contributed by atoms with E-state index in [1.807, 2.05) is 0 Å². The Morgan fingerprint density at radius 1 is 1.24 bits per heavy atom. The van der Waals surface area contributed by atoms with Crippen LogP contribution in [0.1, 0.15) is 16.7 Å². The second-order valence-electron chi connectivity index (χ2n) is 7.74. The molecule has 2 aromatic rings. The summed E-state index contributed by atoms with van der Waals surface area (Å²) in [5.74, 6) is -1.64. The van der Waals surface area contributed by atoms with E-state index in [4.69, 9.17) is 15.9 Å². The summed E-state index contributed by atoms with van der Waals surface area (Å²) < 4.78 is 31.4. The lowest BCUT2D eigenvalue weighted by Gasteiger charge is -2.34. The Labute approximate surface area is 190 Å². The Bertz CT molecular complexity index is 1210. The van der Waals surface area contributed by atoms with Crippen molar-refractivity contribution in [1.29, 1.82) is 5.41 Å². The molecule has 0 saturated carbocycles. The third kappa shape index (κ3) is 4.88.